The normalized spacial score (nSPS) is 22.8. The van der Waals surface area contributed by atoms with Gasteiger partial charge < -0.3 is 20.2 Å². The topological polar surface area (TPSA) is 59.1 Å². The minimum atomic E-state index is -0.106. The summed E-state index contributed by atoms with van der Waals surface area (Å²) in [6, 6.07) is 27.1. The highest BCUT2D eigenvalue weighted by molar-refractivity contribution is 5.89. The van der Waals surface area contributed by atoms with Crippen molar-refractivity contribution in [1.29, 1.82) is 0 Å². The molecule has 40 heavy (non-hydrogen) atoms. The van der Waals surface area contributed by atoms with Crippen LogP contribution in [0, 0.1) is 24.7 Å². The molecule has 2 N–H and O–H groups in total. The molecule has 2 amide bonds. The molecule has 3 aromatic carbocycles. The molecule has 0 bridgehead atoms. The molecule has 2 heterocycles. The number of aryl methyl sites for hydroxylation is 1. The van der Waals surface area contributed by atoms with Crippen LogP contribution in [0.2, 0.25) is 0 Å². The van der Waals surface area contributed by atoms with E-state index < -0.39 is 0 Å². The summed E-state index contributed by atoms with van der Waals surface area (Å²) >= 11 is 0. The van der Waals surface area contributed by atoms with Crippen molar-refractivity contribution in [3.63, 3.8) is 0 Å². The molecule has 4 atom stereocenters. The third kappa shape index (κ3) is 6.56. The Balaban J connectivity index is 1.37. The molecule has 2 aliphatic heterocycles. The van der Waals surface area contributed by atoms with Crippen LogP contribution in [0.1, 0.15) is 34.6 Å². The molecule has 6 nitrogen and oxygen atoms in total. The Bertz CT molecular complexity index is 1330. The lowest BCUT2D eigenvalue weighted by molar-refractivity contribution is -0.0538. The van der Waals surface area contributed by atoms with Crippen molar-refractivity contribution in [2.24, 2.45) is 5.92 Å². The van der Waals surface area contributed by atoms with Crippen molar-refractivity contribution in [2.45, 2.75) is 31.3 Å². The highest BCUT2D eigenvalue weighted by Gasteiger charge is 2.50. The molecule has 2 saturated heterocycles. The Kier molecular flexibility index (Phi) is 8.86. The number of anilines is 1. The van der Waals surface area contributed by atoms with Gasteiger partial charge in [-0.3, -0.25) is 4.90 Å². The van der Waals surface area contributed by atoms with Crippen molar-refractivity contribution in [3.8, 4) is 11.8 Å². The molecular formula is C34H40N4O2. The Morgan fingerprint density at radius 1 is 0.950 bits per heavy atom. The average molecular weight is 537 g/mol. The molecule has 0 aromatic heterocycles. The molecule has 2 fully saturated rings. The second-order valence-electron chi connectivity index (χ2n) is 11.4. The van der Waals surface area contributed by atoms with E-state index in [4.69, 9.17) is 0 Å². The van der Waals surface area contributed by atoms with E-state index in [-0.39, 0.29) is 24.6 Å². The van der Waals surface area contributed by atoms with Gasteiger partial charge in [0.2, 0.25) is 0 Å². The quantitative estimate of drug-likeness (QED) is 0.467. The molecule has 0 saturated carbocycles. The van der Waals surface area contributed by atoms with Crippen LogP contribution in [0.15, 0.2) is 78.9 Å². The number of aliphatic hydroxyl groups is 1. The van der Waals surface area contributed by atoms with Crippen molar-refractivity contribution < 1.29 is 9.90 Å². The SMILES string of the molecule is Cc1ccc(NC(=O)N2CC(CO)CCN3[C@H](CN(C)C)[C@H](c4ccc(C#Cc5ccccc5)cc4)[C@@H]3C2)cc1. The average Bonchev–Trinajstić information content (AvgIpc) is 2.95. The molecule has 0 radical (unpaired) electrons. The first kappa shape index (κ1) is 27.9. The van der Waals surface area contributed by atoms with E-state index in [1.807, 2.05) is 66.4 Å². The minimum Gasteiger partial charge on any atom is -0.396 e. The van der Waals surface area contributed by atoms with E-state index in [0.29, 0.717) is 25.0 Å². The van der Waals surface area contributed by atoms with E-state index in [9.17, 15) is 9.90 Å². The third-order valence-electron chi connectivity index (χ3n) is 8.18. The largest absolute Gasteiger partial charge is 0.396 e. The fraction of sp³-hybridized carbons (Fsp3) is 0.382. The second kappa shape index (κ2) is 12.7. The van der Waals surface area contributed by atoms with Crippen LogP contribution in [0.4, 0.5) is 10.5 Å². The third-order valence-corrected chi connectivity index (χ3v) is 8.18. The standard InChI is InChI=1S/C34H40N4O2/c1-25-9-17-30(18-10-25)35-34(40)37-21-28(24-39)19-20-38-31(22-36(2)3)33(32(38)23-37)29-15-13-27(14-16-29)12-11-26-7-5-4-6-8-26/h4-10,13-18,28,31-33,39H,19-24H2,1-3H3,(H,35,40)/t28?,31-,32+,33+/m1/s1. The zero-order valence-electron chi connectivity index (χ0n) is 23.8. The fourth-order valence-corrected chi connectivity index (χ4v) is 6.04. The maximum Gasteiger partial charge on any atom is 0.321 e. The van der Waals surface area contributed by atoms with Gasteiger partial charge in [-0.05, 0) is 75.9 Å². The van der Waals surface area contributed by atoms with E-state index in [1.54, 1.807) is 0 Å². The van der Waals surface area contributed by atoms with Crippen LogP contribution < -0.4 is 5.32 Å². The summed E-state index contributed by atoms with van der Waals surface area (Å²) < 4.78 is 0. The first-order valence-corrected chi connectivity index (χ1v) is 14.2. The lowest BCUT2D eigenvalue weighted by Gasteiger charge is -2.58. The number of rotatable bonds is 5. The van der Waals surface area contributed by atoms with Gasteiger partial charge in [0.15, 0.2) is 0 Å². The molecular weight excluding hydrogens is 496 g/mol. The Morgan fingerprint density at radius 2 is 1.62 bits per heavy atom. The van der Waals surface area contributed by atoms with Gasteiger partial charge in [-0.2, -0.15) is 0 Å². The highest BCUT2D eigenvalue weighted by atomic mass is 16.3. The molecule has 1 unspecified atom stereocenters. The molecule has 3 aromatic rings. The Morgan fingerprint density at radius 3 is 2.27 bits per heavy atom. The highest BCUT2D eigenvalue weighted by Crippen LogP contribution is 2.43. The molecule has 208 valence electrons. The zero-order chi connectivity index (χ0) is 28.1. The Labute approximate surface area is 238 Å². The van der Waals surface area contributed by atoms with Crippen LogP contribution >= 0.6 is 0 Å². The maximum atomic E-state index is 13.5. The summed E-state index contributed by atoms with van der Waals surface area (Å²) in [6.45, 7) is 5.17. The van der Waals surface area contributed by atoms with Gasteiger partial charge in [-0.15, -0.1) is 0 Å². The predicted molar refractivity (Wildman–Crippen MR) is 161 cm³/mol. The number of benzene rings is 3. The smallest absolute Gasteiger partial charge is 0.321 e. The number of carbonyl (C=O) groups excluding carboxylic acids is 1. The van der Waals surface area contributed by atoms with E-state index >= 15 is 0 Å². The van der Waals surface area contributed by atoms with Crippen LogP contribution in [0.25, 0.3) is 0 Å². The summed E-state index contributed by atoms with van der Waals surface area (Å²) in [6.07, 6.45) is 0.867. The summed E-state index contributed by atoms with van der Waals surface area (Å²) in [7, 11) is 4.24. The molecule has 0 aliphatic carbocycles. The number of amides is 2. The van der Waals surface area contributed by atoms with Gasteiger partial charge in [0, 0.05) is 67.0 Å². The van der Waals surface area contributed by atoms with Gasteiger partial charge in [0.1, 0.15) is 0 Å². The molecule has 6 heteroatoms. The van der Waals surface area contributed by atoms with Crippen LogP contribution in [-0.4, -0.2) is 84.8 Å². The molecule has 5 rings (SSSR count). The van der Waals surface area contributed by atoms with Gasteiger partial charge in [0.05, 0.1) is 0 Å². The molecule has 0 spiro atoms. The minimum absolute atomic E-state index is 0.0613. The summed E-state index contributed by atoms with van der Waals surface area (Å²) in [4.78, 5) is 20.2. The number of nitrogens with one attached hydrogen (secondary N) is 1. The number of hydrogen-bond acceptors (Lipinski definition) is 4. The maximum absolute atomic E-state index is 13.5. The summed E-state index contributed by atoms with van der Waals surface area (Å²) in [5.41, 5.74) is 5.23. The number of carbonyl (C=O) groups is 1. The van der Waals surface area contributed by atoms with E-state index in [2.05, 4.69) is 65.3 Å². The first-order chi connectivity index (χ1) is 19.4. The predicted octanol–water partition coefficient (Wildman–Crippen LogP) is 4.64. The molecule has 2 aliphatic rings. The van der Waals surface area contributed by atoms with Crippen molar-refractivity contribution in [2.75, 3.05) is 52.2 Å². The lowest BCUT2D eigenvalue weighted by atomic mass is 9.73. The monoisotopic (exact) mass is 536 g/mol. The summed E-state index contributed by atoms with van der Waals surface area (Å²) in [5, 5.41) is 13.2. The van der Waals surface area contributed by atoms with Crippen molar-refractivity contribution >= 4 is 11.7 Å². The van der Waals surface area contributed by atoms with E-state index in [1.165, 1.54) is 5.56 Å². The number of hydrogen-bond donors (Lipinski definition) is 2. The van der Waals surface area contributed by atoms with Gasteiger partial charge in [-0.25, -0.2) is 4.79 Å². The van der Waals surface area contributed by atoms with E-state index in [0.717, 1.165) is 41.9 Å². The Hall–Kier alpha value is -3.63. The number of likely N-dealkylation sites (N-methyl/N-ethyl adjacent to an activating group) is 1. The van der Waals surface area contributed by atoms with Gasteiger partial charge >= 0.3 is 6.03 Å². The van der Waals surface area contributed by atoms with Crippen molar-refractivity contribution in [3.05, 3.63) is 101 Å². The number of urea groups is 1. The first-order valence-electron chi connectivity index (χ1n) is 14.2. The summed E-state index contributed by atoms with van der Waals surface area (Å²) in [5.74, 6) is 6.90. The van der Waals surface area contributed by atoms with Crippen LogP contribution in [0.5, 0.6) is 0 Å². The van der Waals surface area contributed by atoms with Gasteiger partial charge in [-0.1, -0.05) is 59.9 Å². The lowest BCUT2D eigenvalue weighted by Crippen LogP contribution is -2.69. The number of fused-ring (bicyclic) bond motifs is 1. The van der Waals surface area contributed by atoms with Gasteiger partial charge in [0.25, 0.3) is 0 Å². The van der Waals surface area contributed by atoms with Crippen LogP contribution in [-0.2, 0) is 0 Å². The van der Waals surface area contributed by atoms with Crippen molar-refractivity contribution in [1.82, 2.24) is 14.7 Å². The second-order valence-corrected chi connectivity index (χ2v) is 11.4. The van der Waals surface area contributed by atoms with Crippen LogP contribution in [0.3, 0.4) is 0 Å². The number of nitrogens with zero attached hydrogens (tertiary/aromatic N) is 3. The zero-order valence-corrected chi connectivity index (χ0v) is 23.8. The number of aliphatic hydroxyl groups excluding tert-OH is 1. The fourth-order valence-electron chi connectivity index (χ4n) is 6.04.